The minimum Gasteiger partial charge on any atom is -0.369 e. The number of hydrogen-bond acceptors (Lipinski definition) is 2. The third-order valence-electron chi connectivity index (χ3n) is 4.49. The molecule has 0 aromatic heterocycles. The first-order valence-electron chi connectivity index (χ1n) is 6.83. The van der Waals surface area contributed by atoms with Crippen molar-refractivity contribution in [2.24, 2.45) is 11.7 Å². The first kappa shape index (κ1) is 11.7. The first-order valence-corrected chi connectivity index (χ1v) is 6.83. The number of amides is 1. The fraction of sp³-hybridized carbons (Fsp3) is 0.533. The second-order valence-corrected chi connectivity index (χ2v) is 5.61. The van der Waals surface area contributed by atoms with E-state index in [2.05, 4.69) is 35.2 Å². The second-order valence-electron chi connectivity index (χ2n) is 5.61. The van der Waals surface area contributed by atoms with Gasteiger partial charge in [0.25, 0.3) is 0 Å². The number of primary amides is 1. The summed E-state index contributed by atoms with van der Waals surface area (Å²) in [6.07, 6.45) is 4.36. The van der Waals surface area contributed by atoms with Crippen molar-refractivity contribution in [2.45, 2.75) is 44.3 Å². The van der Waals surface area contributed by atoms with E-state index in [0.29, 0.717) is 12.1 Å². The molecule has 2 bridgehead atoms. The maximum absolute atomic E-state index is 11.3. The lowest BCUT2D eigenvalue weighted by atomic mass is 9.90. The Hall–Kier alpha value is -1.35. The monoisotopic (exact) mass is 244 g/mol. The van der Waals surface area contributed by atoms with Gasteiger partial charge in [0.15, 0.2) is 0 Å². The normalized spacial score (nSPS) is 31.4. The molecular weight excluding hydrogens is 224 g/mol. The number of rotatable bonds is 3. The average molecular weight is 244 g/mol. The summed E-state index contributed by atoms with van der Waals surface area (Å²) in [4.78, 5) is 13.9. The summed E-state index contributed by atoms with van der Waals surface area (Å²) in [5.41, 5.74) is 6.83. The molecule has 2 N–H and O–H groups in total. The molecule has 1 amide bonds. The molecule has 0 radical (unpaired) electrons. The predicted molar refractivity (Wildman–Crippen MR) is 70.7 cm³/mol. The van der Waals surface area contributed by atoms with Crippen LogP contribution in [0.4, 0.5) is 0 Å². The lowest BCUT2D eigenvalue weighted by Crippen LogP contribution is -2.45. The van der Waals surface area contributed by atoms with Gasteiger partial charge in [-0.25, -0.2) is 0 Å². The topological polar surface area (TPSA) is 46.3 Å². The zero-order chi connectivity index (χ0) is 12.5. The SMILES string of the molecule is NC(=O)C1CC2CCC(C1)N2Cc1ccccc1. The zero-order valence-corrected chi connectivity index (χ0v) is 10.6. The molecule has 2 aliphatic rings. The number of benzene rings is 1. The van der Waals surface area contributed by atoms with E-state index in [1.165, 1.54) is 18.4 Å². The van der Waals surface area contributed by atoms with Crippen LogP contribution in [0.2, 0.25) is 0 Å². The van der Waals surface area contributed by atoms with Crippen molar-refractivity contribution in [1.29, 1.82) is 0 Å². The number of carbonyl (C=O) groups excluding carboxylic acids is 1. The molecule has 2 aliphatic heterocycles. The highest BCUT2D eigenvalue weighted by Gasteiger charge is 2.41. The molecule has 2 fully saturated rings. The number of nitrogens with zero attached hydrogens (tertiary/aromatic N) is 1. The maximum atomic E-state index is 11.3. The molecule has 1 aromatic rings. The van der Waals surface area contributed by atoms with E-state index in [1.54, 1.807) is 0 Å². The van der Waals surface area contributed by atoms with E-state index < -0.39 is 0 Å². The summed E-state index contributed by atoms with van der Waals surface area (Å²) in [5.74, 6) is 0.000726. The third kappa shape index (κ3) is 2.15. The summed E-state index contributed by atoms with van der Waals surface area (Å²) in [5, 5.41) is 0. The van der Waals surface area contributed by atoms with Crippen LogP contribution < -0.4 is 5.73 Å². The highest BCUT2D eigenvalue weighted by atomic mass is 16.1. The highest BCUT2D eigenvalue weighted by molar-refractivity contribution is 5.76. The van der Waals surface area contributed by atoms with E-state index in [0.717, 1.165) is 19.4 Å². The van der Waals surface area contributed by atoms with Gasteiger partial charge in [0.05, 0.1) is 0 Å². The molecule has 18 heavy (non-hydrogen) atoms. The van der Waals surface area contributed by atoms with Gasteiger partial charge >= 0.3 is 0 Å². The minimum absolute atomic E-state index is 0.105. The Morgan fingerprint density at radius 2 is 1.78 bits per heavy atom. The van der Waals surface area contributed by atoms with E-state index in [4.69, 9.17) is 5.73 Å². The van der Waals surface area contributed by atoms with Crippen molar-refractivity contribution in [3.8, 4) is 0 Å². The van der Waals surface area contributed by atoms with Crippen molar-refractivity contribution in [3.63, 3.8) is 0 Å². The Balaban J connectivity index is 1.71. The standard InChI is InChI=1S/C15H20N2O/c16-15(18)12-8-13-6-7-14(9-12)17(13)10-11-4-2-1-3-5-11/h1-5,12-14H,6-10H2,(H2,16,18). The average Bonchev–Trinajstić information content (AvgIpc) is 2.62. The van der Waals surface area contributed by atoms with Crippen molar-refractivity contribution in [3.05, 3.63) is 35.9 Å². The molecule has 3 heteroatoms. The molecule has 0 spiro atoms. The molecule has 0 aliphatic carbocycles. The summed E-state index contributed by atoms with van der Waals surface area (Å²) in [6, 6.07) is 11.7. The van der Waals surface area contributed by atoms with Gasteiger partial charge in [-0.05, 0) is 31.2 Å². The summed E-state index contributed by atoms with van der Waals surface area (Å²) >= 11 is 0. The fourth-order valence-corrected chi connectivity index (χ4v) is 3.56. The van der Waals surface area contributed by atoms with E-state index >= 15 is 0 Å². The number of fused-ring (bicyclic) bond motifs is 2. The number of piperidine rings is 1. The molecule has 2 saturated heterocycles. The molecule has 96 valence electrons. The van der Waals surface area contributed by atoms with Crippen molar-refractivity contribution in [1.82, 2.24) is 4.90 Å². The molecule has 3 nitrogen and oxygen atoms in total. The molecule has 2 atom stereocenters. The van der Waals surface area contributed by atoms with Gasteiger partial charge in [0.2, 0.25) is 5.91 Å². The van der Waals surface area contributed by atoms with Gasteiger partial charge in [-0.15, -0.1) is 0 Å². The molecule has 0 saturated carbocycles. The Morgan fingerprint density at radius 1 is 1.17 bits per heavy atom. The first-order chi connectivity index (χ1) is 8.74. The van der Waals surface area contributed by atoms with Crippen LogP contribution in [-0.2, 0) is 11.3 Å². The fourth-order valence-electron chi connectivity index (χ4n) is 3.56. The van der Waals surface area contributed by atoms with Crippen LogP contribution in [-0.4, -0.2) is 22.9 Å². The number of carbonyl (C=O) groups is 1. The predicted octanol–water partition coefficient (Wildman–Crippen LogP) is 1.91. The van der Waals surface area contributed by atoms with Crippen LogP contribution in [0.3, 0.4) is 0 Å². The van der Waals surface area contributed by atoms with Crippen LogP contribution in [0, 0.1) is 5.92 Å². The lowest BCUT2D eigenvalue weighted by Gasteiger charge is -2.37. The Bertz CT molecular complexity index is 417. The van der Waals surface area contributed by atoms with Crippen molar-refractivity contribution in [2.75, 3.05) is 0 Å². The molecule has 2 unspecified atom stereocenters. The second kappa shape index (κ2) is 4.73. The van der Waals surface area contributed by atoms with Gasteiger partial charge in [0, 0.05) is 24.5 Å². The summed E-state index contributed by atoms with van der Waals surface area (Å²) in [7, 11) is 0. The maximum Gasteiger partial charge on any atom is 0.220 e. The third-order valence-corrected chi connectivity index (χ3v) is 4.49. The van der Waals surface area contributed by atoms with Crippen LogP contribution in [0.5, 0.6) is 0 Å². The van der Waals surface area contributed by atoms with E-state index in [9.17, 15) is 4.79 Å². The molecule has 2 heterocycles. The Morgan fingerprint density at radius 3 is 2.33 bits per heavy atom. The minimum atomic E-state index is -0.105. The quantitative estimate of drug-likeness (QED) is 0.883. The van der Waals surface area contributed by atoms with Gasteiger partial charge in [-0.1, -0.05) is 30.3 Å². The largest absolute Gasteiger partial charge is 0.369 e. The van der Waals surface area contributed by atoms with Gasteiger partial charge in [-0.2, -0.15) is 0 Å². The smallest absolute Gasteiger partial charge is 0.220 e. The van der Waals surface area contributed by atoms with Gasteiger partial charge < -0.3 is 5.73 Å². The van der Waals surface area contributed by atoms with Gasteiger partial charge in [0.1, 0.15) is 0 Å². The van der Waals surface area contributed by atoms with Crippen LogP contribution >= 0.6 is 0 Å². The molecule has 1 aromatic carbocycles. The van der Waals surface area contributed by atoms with Crippen LogP contribution in [0.25, 0.3) is 0 Å². The molecule has 3 rings (SSSR count). The van der Waals surface area contributed by atoms with Gasteiger partial charge in [-0.3, -0.25) is 9.69 Å². The Labute approximate surface area is 108 Å². The van der Waals surface area contributed by atoms with Crippen molar-refractivity contribution >= 4 is 5.91 Å². The zero-order valence-electron chi connectivity index (χ0n) is 10.6. The van der Waals surface area contributed by atoms with Crippen LogP contribution in [0.1, 0.15) is 31.2 Å². The van der Waals surface area contributed by atoms with Crippen molar-refractivity contribution < 1.29 is 4.79 Å². The lowest BCUT2D eigenvalue weighted by molar-refractivity contribution is -0.124. The van der Waals surface area contributed by atoms with E-state index in [1.807, 2.05) is 0 Å². The summed E-state index contributed by atoms with van der Waals surface area (Å²) < 4.78 is 0. The molecular formula is C15H20N2O. The highest BCUT2D eigenvalue weighted by Crippen LogP contribution is 2.39. The summed E-state index contributed by atoms with van der Waals surface area (Å²) in [6.45, 7) is 1.02. The van der Waals surface area contributed by atoms with E-state index in [-0.39, 0.29) is 11.8 Å². The van der Waals surface area contributed by atoms with Crippen LogP contribution in [0.15, 0.2) is 30.3 Å². The number of hydrogen-bond donors (Lipinski definition) is 1. The Kier molecular flexibility index (Phi) is 3.08. The number of nitrogens with two attached hydrogens (primary N) is 1.